The van der Waals surface area contributed by atoms with Gasteiger partial charge in [0.1, 0.15) is 10.8 Å². The van der Waals surface area contributed by atoms with Crippen LogP contribution in [0.5, 0.6) is 0 Å². The molecular weight excluding hydrogens is 458 g/mol. The molecule has 0 bridgehead atoms. The molecule has 1 aliphatic carbocycles. The van der Waals surface area contributed by atoms with E-state index in [-0.39, 0.29) is 18.0 Å². The third-order valence-corrected chi connectivity index (χ3v) is 7.39. The topological polar surface area (TPSA) is 86.3 Å². The van der Waals surface area contributed by atoms with Crippen LogP contribution in [0.1, 0.15) is 42.5 Å². The minimum absolute atomic E-state index is 0.103. The highest BCUT2D eigenvalue weighted by Gasteiger charge is 2.33. The van der Waals surface area contributed by atoms with Crippen LogP contribution >= 0.6 is 11.5 Å². The van der Waals surface area contributed by atoms with Crippen molar-refractivity contribution < 1.29 is 4.79 Å². The zero-order chi connectivity index (χ0) is 24.2. The van der Waals surface area contributed by atoms with E-state index < -0.39 is 0 Å². The van der Waals surface area contributed by atoms with Crippen molar-refractivity contribution >= 4 is 34.2 Å². The number of aromatic nitrogens is 3. The molecular formula is C26H31N7OS. The summed E-state index contributed by atoms with van der Waals surface area (Å²) in [4.78, 5) is 26.4. The Labute approximate surface area is 210 Å². The summed E-state index contributed by atoms with van der Waals surface area (Å²) >= 11 is 1.41. The molecule has 2 aromatic heterocycles. The number of fused-ring (bicyclic) bond motifs is 1. The molecule has 1 fully saturated rings. The average molecular weight is 490 g/mol. The Hall–Kier alpha value is -3.30. The maximum absolute atomic E-state index is 12.0. The molecule has 1 amide bonds. The highest BCUT2D eigenvalue weighted by Crippen LogP contribution is 2.34. The van der Waals surface area contributed by atoms with E-state index in [1.54, 1.807) is 0 Å². The van der Waals surface area contributed by atoms with Crippen LogP contribution in [0.25, 0.3) is 0 Å². The van der Waals surface area contributed by atoms with Crippen LogP contribution in [0.4, 0.5) is 16.8 Å². The number of aryl methyl sites for hydroxylation is 1. The molecule has 1 saturated carbocycles. The Morgan fingerprint density at radius 2 is 2.14 bits per heavy atom. The van der Waals surface area contributed by atoms with Gasteiger partial charge in [0.05, 0.1) is 12.4 Å². The lowest BCUT2D eigenvalue weighted by molar-refractivity contribution is -0.117. The number of anilines is 3. The molecule has 3 aromatic rings. The standard InChI is InChI=1S/C26H31N7OS/c1-3-23(34)28-21-10-7-11-22(13-21)33-17-32(15-19-8-5-4-6-9-19)16-20-14-27-26(30-25(20)33)29-24-12-18(2)31-35-24/h3-6,8-9,12,14,21-22H,1,7,10-11,13,15-17H2,2H3,(H,28,34)(H,27,29,30). The van der Waals surface area contributed by atoms with E-state index in [1.165, 1.54) is 23.2 Å². The minimum atomic E-state index is -0.103. The third kappa shape index (κ3) is 5.68. The first-order chi connectivity index (χ1) is 17.1. The molecule has 1 aromatic carbocycles. The maximum Gasteiger partial charge on any atom is 0.243 e. The largest absolute Gasteiger partial charge is 0.350 e. The van der Waals surface area contributed by atoms with Gasteiger partial charge in [-0.15, -0.1) is 0 Å². The first-order valence-corrected chi connectivity index (χ1v) is 12.9. The van der Waals surface area contributed by atoms with E-state index in [0.717, 1.165) is 67.5 Å². The van der Waals surface area contributed by atoms with Gasteiger partial charge in [-0.25, -0.2) is 4.98 Å². The minimum Gasteiger partial charge on any atom is -0.350 e. The summed E-state index contributed by atoms with van der Waals surface area (Å²) in [5, 5.41) is 7.36. The zero-order valence-corrected chi connectivity index (χ0v) is 20.8. The van der Waals surface area contributed by atoms with Gasteiger partial charge in [-0.05, 0) is 61.8 Å². The number of carbonyl (C=O) groups excluding carboxylic acids is 1. The summed E-state index contributed by atoms with van der Waals surface area (Å²) in [6, 6.07) is 13.0. The van der Waals surface area contributed by atoms with E-state index in [1.807, 2.05) is 25.3 Å². The molecule has 0 saturated heterocycles. The summed E-state index contributed by atoms with van der Waals surface area (Å²) in [5.74, 6) is 1.46. The lowest BCUT2D eigenvalue weighted by Crippen LogP contribution is -2.51. The second kappa shape index (κ2) is 10.5. The van der Waals surface area contributed by atoms with Gasteiger partial charge >= 0.3 is 0 Å². The highest BCUT2D eigenvalue weighted by atomic mass is 32.1. The van der Waals surface area contributed by atoms with Gasteiger partial charge in [0.2, 0.25) is 11.9 Å². The molecule has 2 aliphatic rings. The van der Waals surface area contributed by atoms with E-state index in [2.05, 4.69) is 60.6 Å². The molecule has 35 heavy (non-hydrogen) atoms. The van der Waals surface area contributed by atoms with Crippen LogP contribution in [0, 0.1) is 6.92 Å². The second-order valence-corrected chi connectivity index (χ2v) is 10.1. The van der Waals surface area contributed by atoms with E-state index in [0.29, 0.717) is 5.95 Å². The van der Waals surface area contributed by atoms with Crippen LogP contribution in [0.2, 0.25) is 0 Å². The fourth-order valence-electron chi connectivity index (χ4n) is 5.00. The van der Waals surface area contributed by atoms with Crippen LogP contribution in [-0.2, 0) is 17.9 Å². The van der Waals surface area contributed by atoms with Crippen molar-refractivity contribution in [2.24, 2.45) is 0 Å². The van der Waals surface area contributed by atoms with Gasteiger partial charge in [-0.3, -0.25) is 9.69 Å². The van der Waals surface area contributed by atoms with Crippen LogP contribution < -0.4 is 15.5 Å². The SMILES string of the molecule is C=CC(=O)NC1CCCC(N2CN(Cc3ccccc3)Cc3cnc(Nc4cc(C)ns4)nc32)C1. The molecule has 1 aliphatic heterocycles. The lowest BCUT2D eigenvalue weighted by Gasteiger charge is -2.44. The van der Waals surface area contributed by atoms with Gasteiger partial charge in [0.15, 0.2) is 0 Å². The normalized spacial score (nSPS) is 20.2. The third-order valence-electron chi connectivity index (χ3n) is 6.59. The Balaban J connectivity index is 1.41. The number of amides is 1. The number of rotatable bonds is 7. The van der Waals surface area contributed by atoms with Crippen molar-refractivity contribution in [2.75, 3.05) is 16.9 Å². The maximum atomic E-state index is 12.0. The molecule has 182 valence electrons. The number of benzene rings is 1. The number of nitrogens with zero attached hydrogens (tertiary/aromatic N) is 5. The van der Waals surface area contributed by atoms with Gasteiger partial charge < -0.3 is 15.5 Å². The Bertz CT molecular complexity index is 1180. The summed E-state index contributed by atoms with van der Waals surface area (Å²) in [7, 11) is 0. The van der Waals surface area contributed by atoms with Crippen LogP contribution in [0.3, 0.4) is 0 Å². The molecule has 0 spiro atoms. The summed E-state index contributed by atoms with van der Waals surface area (Å²) < 4.78 is 4.34. The van der Waals surface area contributed by atoms with Gasteiger partial charge in [0, 0.05) is 36.9 Å². The fraction of sp³-hybridized carbons (Fsp3) is 0.385. The molecule has 2 unspecified atom stereocenters. The predicted octanol–water partition coefficient (Wildman–Crippen LogP) is 4.38. The van der Waals surface area contributed by atoms with Crippen molar-refractivity contribution in [1.29, 1.82) is 0 Å². The quantitative estimate of drug-likeness (QED) is 0.477. The number of hydrogen-bond acceptors (Lipinski definition) is 8. The monoisotopic (exact) mass is 489 g/mol. The molecule has 2 N–H and O–H groups in total. The Morgan fingerprint density at radius 1 is 1.29 bits per heavy atom. The highest BCUT2D eigenvalue weighted by molar-refractivity contribution is 7.10. The summed E-state index contributed by atoms with van der Waals surface area (Å²) in [6.45, 7) is 8.02. The van der Waals surface area contributed by atoms with Crippen LogP contribution in [0.15, 0.2) is 55.3 Å². The predicted molar refractivity (Wildman–Crippen MR) is 140 cm³/mol. The molecule has 9 heteroatoms. The van der Waals surface area contributed by atoms with E-state index >= 15 is 0 Å². The van der Waals surface area contributed by atoms with E-state index in [4.69, 9.17) is 4.98 Å². The average Bonchev–Trinajstić information content (AvgIpc) is 3.28. The zero-order valence-electron chi connectivity index (χ0n) is 20.0. The molecule has 2 atom stereocenters. The first kappa shape index (κ1) is 23.4. The van der Waals surface area contributed by atoms with E-state index in [9.17, 15) is 4.79 Å². The van der Waals surface area contributed by atoms with Crippen LogP contribution in [-0.4, -0.2) is 43.9 Å². The van der Waals surface area contributed by atoms with Crippen molar-refractivity contribution in [3.05, 3.63) is 72.1 Å². The van der Waals surface area contributed by atoms with Crippen molar-refractivity contribution in [1.82, 2.24) is 24.6 Å². The molecule has 3 heterocycles. The lowest BCUT2D eigenvalue weighted by atomic mass is 9.89. The number of hydrogen-bond donors (Lipinski definition) is 2. The van der Waals surface area contributed by atoms with Gasteiger partial charge in [0.25, 0.3) is 0 Å². The number of carbonyl (C=O) groups is 1. The summed E-state index contributed by atoms with van der Waals surface area (Å²) in [6.07, 6.45) is 7.31. The molecule has 0 radical (unpaired) electrons. The Kier molecular flexibility index (Phi) is 7.06. The Morgan fingerprint density at radius 3 is 2.91 bits per heavy atom. The van der Waals surface area contributed by atoms with Crippen molar-refractivity contribution in [2.45, 2.75) is 57.8 Å². The van der Waals surface area contributed by atoms with Crippen molar-refractivity contribution in [3.63, 3.8) is 0 Å². The fourth-order valence-corrected chi connectivity index (χ4v) is 5.65. The smallest absolute Gasteiger partial charge is 0.243 e. The number of nitrogens with one attached hydrogen (secondary N) is 2. The molecule has 5 rings (SSSR count). The second-order valence-electron chi connectivity index (χ2n) is 9.31. The molecule has 8 nitrogen and oxygen atoms in total. The van der Waals surface area contributed by atoms with Gasteiger partial charge in [-0.2, -0.15) is 9.36 Å². The first-order valence-electron chi connectivity index (χ1n) is 12.1. The summed E-state index contributed by atoms with van der Waals surface area (Å²) in [5.41, 5.74) is 3.38. The van der Waals surface area contributed by atoms with Crippen molar-refractivity contribution in [3.8, 4) is 0 Å². The van der Waals surface area contributed by atoms with Gasteiger partial charge in [-0.1, -0.05) is 36.9 Å².